The molecule has 0 saturated heterocycles. The van der Waals surface area contributed by atoms with Gasteiger partial charge in [-0.1, -0.05) is 6.08 Å². The fraction of sp³-hybridized carbons (Fsp3) is 0.556. The summed E-state index contributed by atoms with van der Waals surface area (Å²) in [5, 5.41) is 0. The smallest absolute Gasteiger partial charge is 0.412 e. The van der Waals surface area contributed by atoms with E-state index in [4.69, 9.17) is 13.6 Å². The second-order valence-corrected chi connectivity index (χ2v) is 3.91. The van der Waals surface area contributed by atoms with E-state index in [1.54, 1.807) is 26.0 Å². The van der Waals surface area contributed by atoms with Crippen LogP contribution in [0.2, 0.25) is 0 Å². The first-order valence-electron chi connectivity index (χ1n) is 4.52. The van der Waals surface area contributed by atoms with Gasteiger partial charge >= 0.3 is 7.82 Å². The lowest BCUT2D eigenvalue weighted by Gasteiger charge is -2.14. The highest BCUT2D eigenvalue weighted by molar-refractivity contribution is 7.48. The third-order valence-corrected chi connectivity index (χ3v) is 2.69. The number of phosphoric acid groups is 1. The summed E-state index contributed by atoms with van der Waals surface area (Å²) in [4.78, 5) is 0. The second kappa shape index (κ2) is 7.80. The van der Waals surface area contributed by atoms with E-state index >= 15 is 0 Å². The molecule has 0 aromatic heterocycles. The SMILES string of the molecule is C=CCC=COP(=O)(OCC)OCC. The summed E-state index contributed by atoms with van der Waals surface area (Å²) in [5.41, 5.74) is 0. The van der Waals surface area contributed by atoms with E-state index in [1.165, 1.54) is 6.26 Å². The fourth-order valence-corrected chi connectivity index (χ4v) is 1.75. The van der Waals surface area contributed by atoms with E-state index in [2.05, 4.69) is 6.58 Å². The highest BCUT2D eigenvalue weighted by Crippen LogP contribution is 2.49. The first-order chi connectivity index (χ1) is 6.68. The van der Waals surface area contributed by atoms with Crippen LogP contribution in [0.4, 0.5) is 0 Å². The van der Waals surface area contributed by atoms with Gasteiger partial charge in [-0.05, 0) is 26.3 Å². The van der Waals surface area contributed by atoms with Crippen molar-refractivity contribution >= 4 is 7.82 Å². The standard InChI is InChI=1S/C9H17O4P/c1-4-7-8-9-13-14(10,11-5-2)12-6-3/h4,8-9H,1,5-7H2,2-3H3. The van der Waals surface area contributed by atoms with Crippen LogP contribution in [-0.2, 0) is 18.1 Å². The number of hydrogen-bond acceptors (Lipinski definition) is 4. The quantitative estimate of drug-likeness (QED) is 0.357. The van der Waals surface area contributed by atoms with Gasteiger partial charge in [0, 0.05) is 0 Å². The number of phosphoric ester groups is 1. The second-order valence-electron chi connectivity index (χ2n) is 2.28. The molecule has 5 heteroatoms. The summed E-state index contributed by atoms with van der Waals surface area (Å²) in [5.74, 6) is 0. The van der Waals surface area contributed by atoms with E-state index in [9.17, 15) is 4.57 Å². The Morgan fingerprint density at radius 3 is 2.29 bits per heavy atom. The van der Waals surface area contributed by atoms with Crippen molar-refractivity contribution < 1.29 is 18.1 Å². The average molecular weight is 220 g/mol. The maximum absolute atomic E-state index is 11.6. The maximum Gasteiger partial charge on any atom is 0.529 e. The predicted octanol–water partition coefficient (Wildman–Crippen LogP) is 3.27. The van der Waals surface area contributed by atoms with Crippen molar-refractivity contribution in [3.05, 3.63) is 25.0 Å². The molecule has 0 aliphatic heterocycles. The molecule has 0 amide bonds. The minimum Gasteiger partial charge on any atom is -0.412 e. The van der Waals surface area contributed by atoms with Crippen LogP contribution in [-0.4, -0.2) is 13.2 Å². The van der Waals surface area contributed by atoms with Gasteiger partial charge in [-0.2, -0.15) is 0 Å². The Bertz CT molecular complexity index is 215. The zero-order chi connectivity index (χ0) is 10.9. The fourth-order valence-electron chi connectivity index (χ4n) is 0.684. The number of hydrogen-bond donors (Lipinski definition) is 0. The van der Waals surface area contributed by atoms with Crippen LogP contribution in [0.25, 0.3) is 0 Å². The summed E-state index contributed by atoms with van der Waals surface area (Å²) in [7, 11) is -3.38. The number of rotatable bonds is 8. The molecule has 0 radical (unpaired) electrons. The molecule has 0 aliphatic carbocycles. The molecule has 14 heavy (non-hydrogen) atoms. The van der Waals surface area contributed by atoms with E-state index in [1.807, 2.05) is 0 Å². The Hall–Kier alpha value is -0.570. The molecule has 0 bridgehead atoms. The van der Waals surface area contributed by atoms with Crippen molar-refractivity contribution in [1.29, 1.82) is 0 Å². The molecule has 0 saturated carbocycles. The van der Waals surface area contributed by atoms with Gasteiger partial charge in [-0.25, -0.2) is 4.57 Å². The molecule has 4 nitrogen and oxygen atoms in total. The van der Waals surface area contributed by atoms with E-state index in [-0.39, 0.29) is 13.2 Å². The van der Waals surface area contributed by atoms with Crippen molar-refractivity contribution in [1.82, 2.24) is 0 Å². The van der Waals surface area contributed by atoms with Gasteiger partial charge in [0.1, 0.15) is 0 Å². The predicted molar refractivity (Wildman–Crippen MR) is 55.9 cm³/mol. The van der Waals surface area contributed by atoms with Crippen LogP contribution in [0.3, 0.4) is 0 Å². The normalized spacial score (nSPS) is 11.9. The Kier molecular flexibility index (Phi) is 7.48. The van der Waals surface area contributed by atoms with Gasteiger partial charge in [-0.15, -0.1) is 6.58 Å². The first-order valence-corrected chi connectivity index (χ1v) is 5.98. The van der Waals surface area contributed by atoms with Crippen LogP contribution in [0.15, 0.2) is 25.0 Å². The minimum atomic E-state index is -3.38. The first kappa shape index (κ1) is 13.4. The lowest BCUT2D eigenvalue weighted by molar-refractivity contribution is 0.153. The molecule has 0 heterocycles. The lowest BCUT2D eigenvalue weighted by atomic mass is 10.4. The molecule has 0 fully saturated rings. The summed E-state index contributed by atoms with van der Waals surface area (Å²) in [6.45, 7) is 7.55. The molecule has 0 aliphatic rings. The van der Waals surface area contributed by atoms with Crippen molar-refractivity contribution in [2.75, 3.05) is 13.2 Å². The molecule has 0 atom stereocenters. The van der Waals surface area contributed by atoms with Gasteiger partial charge in [-0.3, -0.25) is 9.05 Å². The zero-order valence-electron chi connectivity index (χ0n) is 8.64. The Morgan fingerprint density at radius 2 is 1.86 bits per heavy atom. The summed E-state index contributed by atoms with van der Waals surface area (Å²) >= 11 is 0. The van der Waals surface area contributed by atoms with Crippen LogP contribution >= 0.6 is 7.82 Å². The summed E-state index contributed by atoms with van der Waals surface area (Å²) in [6.07, 6.45) is 5.34. The van der Waals surface area contributed by atoms with Gasteiger partial charge in [0.15, 0.2) is 0 Å². The molecule has 82 valence electrons. The molecule has 0 aromatic carbocycles. The summed E-state index contributed by atoms with van der Waals surface area (Å²) < 4.78 is 26.3. The van der Waals surface area contributed by atoms with Crippen molar-refractivity contribution in [3.63, 3.8) is 0 Å². The Balaban J connectivity index is 4.07. The van der Waals surface area contributed by atoms with Crippen LogP contribution in [0, 0.1) is 0 Å². The summed E-state index contributed by atoms with van der Waals surface area (Å²) in [6, 6.07) is 0. The van der Waals surface area contributed by atoms with Gasteiger partial charge in [0.25, 0.3) is 0 Å². The largest absolute Gasteiger partial charge is 0.529 e. The highest BCUT2D eigenvalue weighted by atomic mass is 31.2. The lowest BCUT2D eigenvalue weighted by Crippen LogP contribution is -1.96. The van der Waals surface area contributed by atoms with Crippen molar-refractivity contribution in [2.45, 2.75) is 20.3 Å². The molecule has 0 rings (SSSR count). The van der Waals surface area contributed by atoms with Crippen LogP contribution in [0.1, 0.15) is 20.3 Å². The van der Waals surface area contributed by atoms with Crippen molar-refractivity contribution in [2.24, 2.45) is 0 Å². The molecule has 0 spiro atoms. The Morgan fingerprint density at radius 1 is 1.29 bits per heavy atom. The third kappa shape index (κ3) is 5.97. The maximum atomic E-state index is 11.6. The highest BCUT2D eigenvalue weighted by Gasteiger charge is 2.24. The molecule has 0 unspecified atom stereocenters. The Labute approximate surface area is 85.2 Å². The molecule has 0 aromatic rings. The minimum absolute atomic E-state index is 0.284. The number of allylic oxidation sites excluding steroid dienone is 2. The van der Waals surface area contributed by atoms with E-state index < -0.39 is 7.82 Å². The van der Waals surface area contributed by atoms with E-state index in [0.29, 0.717) is 6.42 Å². The zero-order valence-corrected chi connectivity index (χ0v) is 9.54. The van der Waals surface area contributed by atoms with Gasteiger partial charge < -0.3 is 4.52 Å². The molecular weight excluding hydrogens is 203 g/mol. The third-order valence-electron chi connectivity index (χ3n) is 1.16. The van der Waals surface area contributed by atoms with Gasteiger partial charge in [0.2, 0.25) is 0 Å². The average Bonchev–Trinajstić information content (AvgIpc) is 2.13. The van der Waals surface area contributed by atoms with Crippen LogP contribution < -0.4 is 0 Å². The topological polar surface area (TPSA) is 44.8 Å². The van der Waals surface area contributed by atoms with Gasteiger partial charge in [0.05, 0.1) is 19.5 Å². The molecular formula is C9H17O4P. The molecule has 0 N–H and O–H groups in total. The van der Waals surface area contributed by atoms with Crippen LogP contribution in [0.5, 0.6) is 0 Å². The van der Waals surface area contributed by atoms with Crippen molar-refractivity contribution in [3.8, 4) is 0 Å². The van der Waals surface area contributed by atoms with E-state index in [0.717, 1.165) is 0 Å². The monoisotopic (exact) mass is 220 g/mol.